The summed E-state index contributed by atoms with van der Waals surface area (Å²) in [5.41, 5.74) is 7.53. The molecule has 91 valence electrons. The van der Waals surface area contributed by atoms with Crippen LogP contribution in [-0.4, -0.2) is 59.2 Å². The van der Waals surface area contributed by atoms with Crippen LogP contribution in [0.3, 0.4) is 0 Å². The van der Waals surface area contributed by atoms with E-state index in [0.29, 0.717) is 0 Å². The number of aliphatic hydroxyl groups excluding tert-OH is 3. The summed E-state index contributed by atoms with van der Waals surface area (Å²) in [6, 6.07) is -1.09. The zero-order valence-corrected chi connectivity index (χ0v) is 13.6. The van der Waals surface area contributed by atoms with Gasteiger partial charge < -0.3 is 30.5 Å². The molecule has 0 amide bonds. The van der Waals surface area contributed by atoms with Crippen LogP contribution in [0.4, 0.5) is 0 Å². The van der Waals surface area contributed by atoms with Crippen LogP contribution in [0, 0.1) is 44.1 Å². The van der Waals surface area contributed by atoms with Crippen molar-refractivity contribution >= 4 is 0 Å². The molecule has 7 heteroatoms. The Morgan fingerprint density at radius 3 is 2.50 bits per heavy atom. The molecule has 6 nitrogen and oxygen atoms in total. The standard InChI is InChI=1S/C9H16NO5.Ac/c1-2-3-14-9-6(10)8(13)7(12)5(4-11)15-9;/h2,5-13H,1,3-4H2;/q-1;/t5?,6?,7-,8?,9+;/m0./s1. The number of rotatable bonds is 4. The Morgan fingerprint density at radius 2 is 2.00 bits per heavy atom. The Balaban J connectivity index is 0.00000225. The average molecular weight is 445 g/mol. The molecule has 1 saturated heterocycles. The minimum Gasteiger partial charge on any atom is -0.668 e. The van der Waals surface area contributed by atoms with Crippen molar-refractivity contribution in [2.45, 2.75) is 30.6 Å². The number of hydrogen-bond acceptors (Lipinski definition) is 5. The molecule has 1 heterocycles. The van der Waals surface area contributed by atoms with E-state index in [2.05, 4.69) is 6.58 Å². The number of nitrogens with one attached hydrogen (secondary N) is 1. The molecule has 3 unspecified atom stereocenters. The summed E-state index contributed by atoms with van der Waals surface area (Å²) >= 11 is 0. The van der Waals surface area contributed by atoms with Crippen LogP contribution in [-0.2, 0) is 9.47 Å². The van der Waals surface area contributed by atoms with Crippen molar-refractivity contribution in [1.29, 1.82) is 0 Å². The van der Waals surface area contributed by atoms with Crippen molar-refractivity contribution in [3.63, 3.8) is 0 Å². The first-order valence-corrected chi connectivity index (χ1v) is 4.68. The molecule has 1 rings (SSSR count). The fourth-order valence-corrected chi connectivity index (χ4v) is 1.39. The summed E-state index contributed by atoms with van der Waals surface area (Å²) < 4.78 is 10.2. The van der Waals surface area contributed by atoms with Gasteiger partial charge in [-0.25, -0.2) is 0 Å². The molecule has 0 bridgehead atoms. The van der Waals surface area contributed by atoms with Gasteiger partial charge >= 0.3 is 0 Å². The van der Waals surface area contributed by atoms with Crippen LogP contribution in [0.2, 0.25) is 0 Å². The number of hydrogen-bond donors (Lipinski definition) is 3. The molecule has 1 fully saturated rings. The van der Waals surface area contributed by atoms with Crippen molar-refractivity contribution in [2.24, 2.45) is 0 Å². The second-order valence-electron chi connectivity index (χ2n) is 3.35. The van der Waals surface area contributed by atoms with Crippen LogP contribution in [0.5, 0.6) is 0 Å². The smallest absolute Gasteiger partial charge is 0.145 e. The van der Waals surface area contributed by atoms with Crippen molar-refractivity contribution in [1.82, 2.24) is 0 Å². The molecule has 0 spiro atoms. The number of ether oxygens (including phenoxy) is 2. The fourth-order valence-electron chi connectivity index (χ4n) is 1.39. The third kappa shape index (κ3) is 4.00. The summed E-state index contributed by atoms with van der Waals surface area (Å²) in [5.74, 6) is 0. The molecule has 0 aromatic rings. The summed E-state index contributed by atoms with van der Waals surface area (Å²) in [4.78, 5) is 0. The Morgan fingerprint density at radius 1 is 1.38 bits per heavy atom. The molecule has 1 radical (unpaired) electrons. The Hall–Kier alpha value is 0.942. The van der Waals surface area contributed by atoms with Gasteiger partial charge in [0.2, 0.25) is 0 Å². The second kappa shape index (κ2) is 8.12. The van der Waals surface area contributed by atoms with Gasteiger partial charge in [-0.2, -0.15) is 0 Å². The fraction of sp³-hybridized carbons (Fsp3) is 0.778. The van der Waals surface area contributed by atoms with Crippen LogP contribution in [0.25, 0.3) is 5.73 Å². The average Bonchev–Trinajstić information content (AvgIpc) is 2.25. The number of aliphatic hydroxyl groups is 3. The Bertz CT molecular complexity index is 216. The first-order chi connectivity index (χ1) is 7.11. The third-order valence-electron chi connectivity index (χ3n) is 2.26. The van der Waals surface area contributed by atoms with Crippen LogP contribution in [0.1, 0.15) is 0 Å². The van der Waals surface area contributed by atoms with Gasteiger partial charge in [-0.3, -0.25) is 0 Å². The van der Waals surface area contributed by atoms with Crippen molar-refractivity contribution in [2.75, 3.05) is 13.2 Å². The van der Waals surface area contributed by atoms with E-state index < -0.39 is 37.3 Å². The van der Waals surface area contributed by atoms with E-state index in [9.17, 15) is 10.2 Å². The van der Waals surface area contributed by atoms with Crippen molar-refractivity contribution in [3.8, 4) is 0 Å². The van der Waals surface area contributed by atoms with E-state index in [4.69, 9.17) is 20.3 Å². The van der Waals surface area contributed by atoms with E-state index in [1.54, 1.807) is 0 Å². The molecule has 4 N–H and O–H groups in total. The summed E-state index contributed by atoms with van der Waals surface area (Å²) in [5, 5.41) is 27.8. The van der Waals surface area contributed by atoms with Gasteiger partial charge in [-0.15, -0.1) is 6.58 Å². The predicted octanol–water partition coefficient (Wildman–Crippen LogP) is -0.951. The van der Waals surface area contributed by atoms with Gasteiger partial charge in [-0.1, -0.05) is 12.1 Å². The Labute approximate surface area is 130 Å². The normalized spacial score (nSPS) is 38.9. The van der Waals surface area contributed by atoms with Crippen molar-refractivity contribution in [3.05, 3.63) is 18.4 Å². The Kier molecular flexibility index (Phi) is 8.59. The third-order valence-corrected chi connectivity index (χ3v) is 2.26. The van der Waals surface area contributed by atoms with E-state index in [-0.39, 0.29) is 50.7 Å². The minimum atomic E-state index is -1.29. The molecule has 1 aliphatic heterocycles. The van der Waals surface area contributed by atoms with E-state index in [1.807, 2.05) is 0 Å². The topological polar surface area (TPSA) is 103 Å². The zero-order valence-electron chi connectivity index (χ0n) is 8.82. The zero-order chi connectivity index (χ0) is 11.4. The van der Waals surface area contributed by atoms with Crippen molar-refractivity contribution < 1.29 is 68.9 Å². The summed E-state index contributed by atoms with van der Waals surface area (Å²) in [6.07, 6.45) is -2.94. The second-order valence-corrected chi connectivity index (χ2v) is 3.35. The molecule has 0 aliphatic carbocycles. The van der Waals surface area contributed by atoms with Crippen LogP contribution < -0.4 is 0 Å². The molecule has 0 saturated carbocycles. The molecule has 5 atom stereocenters. The molecule has 16 heavy (non-hydrogen) atoms. The molecule has 1 aliphatic rings. The first kappa shape index (κ1) is 16.9. The molecule has 0 aromatic carbocycles. The maximum atomic E-state index is 9.48. The molecular weight excluding hydrogens is 429 g/mol. The monoisotopic (exact) mass is 445 g/mol. The maximum absolute atomic E-state index is 9.48. The van der Waals surface area contributed by atoms with Gasteiger partial charge in [0.15, 0.2) is 0 Å². The van der Waals surface area contributed by atoms with E-state index >= 15 is 0 Å². The quantitative estimate of drug-likeness (QED) is 0.485. The van der Waals surface area contributed by atoms with Gasteiger partial charge in [-0.05, 0) is 0 Å². The SMILES string of the molecule is C=CCO[C@@H]1OC(CO)[C@H](O)C(O)C1[NH-].[Ac]. The molecule has 0 aromatic heterocycles. The predicted molar refractivity (Wildman–Crippen MR) is 52.0 cm³/mol. The van der Waals surface area contributed by atoms with Gasteiger partial charge in [0, 0.05) is 44.1 Å². The van der Waals surface area contributed by atoms with Crippen LogP contribution >= 0.6 is 0 Å². The summed E-state index contributed by atoms with van der Waals surface area (Å²) in [7, 11) is 0. The van der Waals surface area contributed by atoms with Crippen LogP contribution in [0.15, 0.2) is 12.7 Å². The van der Waals surface area contributed by atoms with Gasteiger partial charge in [0.1, 0.15) is 18.5 Å². The minimum absolute atomic E-state index is 0. The van der Waals surface area contributed by atoms with E-state index in [0.717, 1.165) is 0 Å². The van der Waals surface area contributed by atoms with Gasteiger partial charge in [0.25, 0.3) is 0 Å². The maximum Gasteiger partial charge on any atom is 0.145 e. The van der Waals surface area contributed by atoms with E-state index in [1.165, 1.54) is 6.08 Å². The largest absolute Gasteiger partial charge is 0.668 e. The van der Waals surface area contributed by atoms with Gasteiger partial charge in [0.05, 0.1) is 19.3 Å². The first-order valence-electron chi connectivity index (χ1n) is 4.68. The summed E-state index contributed by atoms with van der Waals surface area (Å²) in [6.45, 7) is 3.19. The molecular formula is C9H16AcNO5-.